The molecule has 0 radical (unpaired) electrons. The Hall–Kier alpha value is -4.20. The second-order valence-electron chi connectivity index (χ2n) is 8.56. The van der Waals surface area contributed by atoms with E-state index in [1.807, 2.05) is 0 Å². The normalized spacial score (nSPS) is 12.6. The van der Waals surface area contributed by atoms with Crippen molar-refractivity contribution >= 4 is 16.7 Å². The maximum atomic E-state index is 14.8. The molecule has 0 aliphatic rings. The van der Waals surface area contributed by atoms with Crippen LogP contribution in [0.25, 0.3) is 11.1 Å². The summed E-state index contributed by atoms with van der Waals surface area (Å²) in [6.07, 6.45) is -5.03. The molecule has 0 bridgehead atoms. The molecule has 2 aromatic carbocycles. The second kappa shape index (κ2) is 12.5. The molecular formula is C27H20F7N3O3S. The van der Waals surface area contributed by atoms with Crippen molar-refractivity contribution < 1.29 is 44.4 Å². The molecule has 0 saturated carbocycles. The third-order valence-electron chi connectivity index (χ3n) is 5.40. The molecule has 41 heavy (non-hydrogen) atoms. The zero-order valence-electron chi connectivity index (χ0n) is 20.8. The molecule has 1 N–H and O–H groups in total. The van der Waals surface area contributed by atoms with Crippen molar-refractivity contribution in [2.45, 2.75) is 25.6 Å². The zero-order chi connectivity index (χ0) is 29.6. The van der Waals surface area contributed by atoms with Crippen molar-refractivity contribution in [1.82, 2.24) is 9.97 Å². The van der Waals surface area contributed by atoms with Crippen LogP contribution >= 0.6 is 0 Å². The predicted molar refractivity (Wildman–Crippen MR) is 137 cm³/mol. The molecule has 4 aromatic rings. The largest absolute Gasteiger partial charge is 0.489 e. The van der Waals surface area contributed by atoms with Crippen LogP contribution in [-0.2, 0) is 30.4 Å². The number of nitrogens with one attached hydrogen (secondary N) is 1. The Morgan fingerprint density at radius 3 is 2.29 bits per heavy atom. The Labute approximate surface area is 231 Å². The van der Waals surface area contributed by atoms with Crippen LogP contribution in [0.2, 0.25) is 0 Å². The van der Waals surface area contributed by atoms with E-state index in [4.69, 9.17) is 9.47 Å². The monoisotopic (exact) mass is 599 g/mol. The van der Waals surface area contributed by atoms with Gasteiger partial charge in [0.15, 0.2) is 0 Å². The predicted octanol–water partition coefficient (Wildman–Crippen LogP) is 7.10. The number of ether oxygens (including phenoxy) is 2. The molecule has 216 valence electrons. The van der Waals surface area contributed by atoms with Crippen molar-refractivity contribution in [3.8, 4) is 22.8 Å². The Balaban J connectivity index is 1.59. The number of pyridine rings is 2. The van der Waals surface area contributed by atoms with Gasteiger partial charge in [-0.3, -0.25) is 9.71 Å². The standard InChI is InChI=1S/C27H20F7N3O3S/c28-23-5-4-21(39-15-18-2-1-3-20(10-18)27(32,33)34)12-22(23)19-11-24(37-41(38)16-26(29,30)31)25(36-13-19)40-14-17-6-8-35-9-7-17/h1-13,37H,14-16H2. The van der Waals surface area contributed by atoms with Crippen molar-refractivity contribution in [2.24, 2.45) is 0 Å². The third kappa shape index (κ3) is 8.64. The van der Waals surface area contributed by atoms with E-state index in [-0.39, 0.29) is 47.2 Å². The first-order valence-corrected chi connectivity index (χ1v) is 13.0. The van der Waals surface area contributed by atoms with Gasteiger partial charge in [0, 0.05) is 29.7 Å². The summed E-state index contributed by atoms with van der Waals surface area (Å²) in [4.78, 5) is 7.96. The number of hydrogen-bond acceptors (Lipinski definition) is 5. The van der Waals surface area contributed by atoms with Gasteiger partial charge in [-0.15, -0.1) is 0 Å². The van der Waals surface area contributed by atoms with Gasteiger partial charge in [-0.2, -0.15) is 26.3 Å². The van der Waals surface area contributed by atoms with Gasteiger partial charge >= 0.3 is 12.4 Å². The highest BCUT2D eigenvalue weighted by molar-refractivity contribution is 7.86. The number of hydrogen-bond donors (Lipinski definition) is 1. The first-order valence-electron chi connectivity index (χ1n) is 11.7. The lowest BCUT2D eigenvalue weighted by atomic mass is 10.1. The fourth-order valence-corrected chi connectivity index (χ4v) is 4.31. The van der Waals surface area contributed by atoms with Crippen LogP contribution in [0.15, 0.2) is 79.3 Å². The number of rotatable bonds is 10. The van der Waals surface area contributed by atoms with Crippen molar-refractivity contribution in [1.29, 1.82) is 0 Å². The van der Waals surface area contributed by atoms with Crippen molar-refractivity contribution in [3.05, 3.63) is 102 Å². The third-order valence-corrected chi connectivity index (χ3v) is 6.44. The van der Waals surface area contributed by atoms with Gasteiger partial charge in [-0.1, -0.05) is 12.1 Å². The Morgan fingerprint density at radius 1 is 0.854 bits per heavy atom. The number of aromatic nitrogens is 2. The van der Waals surface area contributed by atoms with E-state index in [0.29, 0.717) is 5.56 Å². The lowest BCUT2D eigenvalue weighted by Crippen LogP contribution is -2.23. The Bertz CT molecular complexity index is 1520. The highest BCUT2D eigenvalue weighted by Gasteiger charge is 2.31. The number of alkyl halides is 6. The molecule has 14 heteroatoms. The van der Waals surface area contributed by atoms with Crippen LogP contribution in [0.5, 0.6) is 11.6 Å². The molecular weight excluding hydrogens is 579 g/mol. The fraction of sp³-hybridized carbons (Fsp3) is 0.185. The summed E-state index contributed by atoms with van der Waals surface area (Å²) in [6, 6.07) is 12.6. The summed E-state index contributed by atoms with van der Waals surface area (Å²) in [6.45, 7) is -0.291. The van der Waals surface area contributed by atoms with E-state index in [1.54, 1.807) is 12.1 Å². The number of halogens is 7. The average Bonchev–Trinajstić information content (AvgIpc) is 2.91. The van der Waals surface area contributed by atoms with Crippen molar-refractivity contribution in [2.75, 3.05) is 10.5 Å². The van der Waals surface area contributed by atoms with Crippen LogP contribution < -0.4 is 14.2 Å². The number of benzene rings is 2. The second-order valence-corrected chi connectivity index (χ2v) is 9.74. The topological polar surface area (TPSA) is 73.3 Å². The van der Waals surface area contributed by atoms with E-state index < -0.39 is 40.5 Å². The summed E-state index contributed by atoms with van der Waals surface area (Å²) in [5, 5.41) is 0. The lowest BCUT2D eigenvalue weighted by Gasteiger charge is -2.15. The molecule has 0 fully saturated rings. The molecule has 4 rings (SSSR count). The van der Waals surface area contributed by atoms with E-state index >= 15 is 0 Å². The SMILES string of the molecule is O=S(CC(F)(F)F)Nc1cc(-c2cc(OCc3cccc(C(F)(F)F)c3)ccc2F)cnc1OCc1ccncc1. The van der Waals surface area contributed by atoms with E-state index in [0.717, 1.165) is 18.2 Å². The summed E-state index contributed by atoms with van der Waals surface area (Å²) in [5.41, 5.74) is -0.141. The molecule has 0 aliphatic heterocycles. The van der Waals surface area contributed by atoms with Gasteiger partial charge in [0.05, 0.1) is 5.56 Å². The molecule has 0 amide bonds. The van der Waals surface area contributed by atoms with Gasteiger partial charge in [-0.25, -0.2) is 13.6 Å². The van der Waals surface area contributed by atoms with E-state index in [9.17, 15) is 34.9 Å². The van der Waals surface area contributed by atoms with Crippen LogP contribution in [-0.4, -0.2) is 26.1 Å². The summed E-state index contributed by atoms with van der Waals surface area (Å²) >= 11 is 0. The summed E-state index contributed by atoms with van der Waals surface area (Å²) < 4.78 is 118. The highest BCUT2D eigenvalue weighted by Crippen LogP contribution is 2.34. The molecule has 2 heterocycles. The first-order chi connectivity index (χ1) is 19.4. The highest BCUT2D eigenvalue weighted by atomic mass is 32.2. The van der Waals surface area contributed by atoms with Gasteiger partial charge in [0.2, 0.25) is 5.88 Å². The molecule has 1 atom stereocenters. The average molecular weight is 600 g/mol. The smallest absolute Gasteiger partial charge is 0.416 e. The minimum Gasteiger partial charge on any atom is -0.489 e. The number of anilines is 1. The maximum absolute atomic E-state index is 14.8. The Kier molecular flexibility index (Phi) is 9.11. The molecule has 2 aromatic heterocycles. The van der Waals surface area contributed by atoms with Crippen LogP contribution in [0.1, 0.15) is 16.7 Å². The first kappa shape index (κ1) is 29.8. The summed E-state index contributed by atoms with van der Waals surface area (Å²) in [5.74, 6) is -2.48. The van der Waals surface area contributed by atoms with Gasteiger partial charge in [0.1, 0.15) is 47.2 Å². The summed E-state index contributed by atoms with van der Waals surface area (Å²) in [7, 11) is -2.61. The van der Waals surface area contributed by atoms with E-state index in [2.05, 4.69) is 14.7 Å². The van der Waals surface area contributed by atoms with Crippen LogP contribution in [0.3, 0.4) is 0 Å². The maximum Gasteiger partial charge on any atom is 0.416 e. The number of nitrogens with zero attached hydrogens (tertiary/aromatic N) is 2. The van der Waals surface area contributed by atoms with E-state index in [1.165, 1.54) is 48.9 Å². The molecule has 0 spiro atoms. The minimum absolute atomic E-state index is 0.0390. The molecule has 0 saturated heterocycles. The van der Waals surface area contributed by atoms with Gasteiger partial charge < -0.3 is 9.47 Å². The lowest BCUT2D eigenvalue weighted by molar-refractivity contribution is -0.137. The molecule has 0 aliphatic carbocycles. The van der Waals surface area contributed by atoms with Crippen molar-refractivity contribution in [3.63, 3.8) is 0 Å². The quantitative estimate of drug-likeness (QED) is 0.197. The zero-order valence-corrected chi connectivity index (χ0v) is 21.6. The minimum atomic E-state index is -4.72. The fourth-order valence-electron chi connectivity index (χ4n) is 3.55. The molecule has 6 nitrogen and oxygen atoms in total. The van der Waals surface area contributed by atoms with Crippen LogP contribution in [0.4, 0.5) is 36.4 Å². The Morgan fingerprint density at radius 2 is 1.59 bits per heavy atom. The van der Waals surface area contributed by atoms with Gasteiger partial charge in [0.25, 0.3) is 0 Å². The molecule has 1 unspecified atom stereocenters. The van der Waals surface area contributed by atoms with Crippen LogP contribution in [0, 0.1) is 5.82 Å². The van der Waals surface area contributed by atoms with Gasteiger partial charge in [-0.05, 0) is 59.7 Å².